The lowest BCUT2D eigenvalue weighted by Crippen LogP contribution is -2.33. The van der Waals surface area contributed by atoms with E-state index in [1.165, 1.54) is 43.4 Å². The van der Waals surface area contributed by atoms with Crippen molar-refractivity contribution >= 4 is 5.69 Å². The van der Waals surface area contributed by atoms with Gasteiger partial charge in [0.25, 0.3) is 0 Å². The van der Waals surface area contributed by atoms with E-state index in [1.54, 1.807) is 0 Å². The largest absolute Gasteiger partial charge is 0.396 e. The minimum Gasteiger partial charge on any atom is -0.396 e. The summed E-state index contributed by atoms with van der Waals surface area (Å²) in [6.07, 6.45) is 7.65. The zero-order chi connectivity index (χ0) is 14.2. The van der Waals surface area contributed by atoms with Crippen LogP contribution in [0.5, 0.6) is 0 Å². The summed E-state index contributed by atoms with van der Waals surface area (Å²) >= 11 is 0. The molecule has 0 atom stereocenters. The maximum absolute atomic E-state index is 8.88. The second-order valence-electron chi connectivity index (χ2n) is 5.87. The Hall–Kier alpha value is -1.06. The van der Waals surface area contributed by atoms with Gasteiger partial charge in [-0.2, -0.15) is 0 Å². The van der Waals surface area contributed by atoms with E-state index in [0.29, 0.717) is 0 Å². The molecule has 1 fully saturated rings. The molecular weight excluding hydrogens is 248 g/mol. The molecule has 3 nitrogen and oxygen atoms in total. The quantitative estimate of drug-likeness (QED) is 0.750. The predicted molar refractivity (Wildman–Crippen MR) is 85.0 cm³/mol. The Kier molecular flexibility index (Phi) is 6.34. The third-order valence-corrected chi connectivity index (χ3v) is 4.29. The summed E-state index contributed by atoms with van der Waals surface area (Å²) in [5, 5.41) is 12.3. The lowest BCUT2D eigenvalue weighted by molar-refractivity contribution is 0.185. The summed E-state index contributed by atoms with van der Waals surface area (Å²) in [5.74, 6) is 0. The van der Waals surface area contributed by atoms with Crippen molar-refractivity contribution in [2.45, 2.75) is 51.1 Å². The summed E-state index contributed by atoms with van der Waals surface area (Å²) in [7, 11) is 2.25. The number of hydrogen-bond donors (Lipinski definition) is 2. The van der Waals surface area contributed by atoms with Crippen LogP contribution in [-0.4, -0.2) is 36.2 Å². The van der Waals surface area contributed by atoms with Gasteiger partial charge < -0.3 is 10.4 Å². The average molecular weight is 276 g/mol. The van der Waals surface area contributed by atoms with Crippen molar-refractivity contribution in [3.63, 3.8) is 0 Å². The second kappa shape index (κ2) is 8.28. The van der Waals surface area contributed by atoms with E-state index in [-0.39, 0.29) is 6.61 Å². The van der Waals surface area contributed by atoms with Gasteiger partial charge in [-0.3, -0.25) is 4.90 Å². The molecule has 112 valence electrons. The first kappa shape index (κ1) is 15.3. The fraction of sp³-hybridized carbons (Fsp3) is 0.647. The molecule has 0 radical (unpaired) electrons. The van der Waals surface area contributed by atoms with Crippen LogP contribution in [0.15, 0.2) is 24.3 Å². The van der Waals surface area contributed by atoms with Gasteiger partial charge in [-0.25, -0.2) is 0 Å². The van der Waals surface area contributed by atoms with Gasteiger partial charge in [0, 0.05) is 31.4 Å². The third kappa shape index (κ3) is 4.50. The minimum absolute atomic E-state index is 0.247. The molecule has 2 rings (SSSR count). The van der Waals surface area contributed by atoms with Gasteiger partial charge in [-0.15, -0.1) is 0 Å². The standard InChI is InChI=1S/C17H28N2O/c1-19(16-9-3-2-4-10-16)14-15-8-5-6-11-17(15)18-12-7-13-20/h5-6,8,11,16,18,20H,2-4,7,9-10,12-14H2,1H3. The second-order valence-corrected chi connectivity index (χ2v) is 5.87. The molecule has 0 spiro atoms. The van der Waals surface area contributed by atoms with Crippen LogP contribution in [0.3, 0.4) is 0 Å². The summed E-state index contributed by atoms with van der Waals surface area (Å²) in [4.78, 5) is 2.51. The molecule has 1 aliphatic carbocycles. The molecular formula is C17H28N2O. The van der Waals surface area contributed by atoms with Crippen molar-refractivity contribution in [1.29, 1.82) is 0 Å². The lowest BCUT2D eigenvalue weighted by Gasteiger charge is -2.31. The predicted octanol–water partition coefficient (Wildman–Crippen LogP) is 3.25. The monoisotopic (exact) mass is 276 g/mol. The van der Waals surface area contributed by atoms with Gasteiger partial charge in [0.1, 0.15) is 0 Å². The molecule has 0 aliphatic heterocycles. The van der Waals surface area contributed by atoms with Crippen LogP contribution in [-0.2, 0) is 6.54 Å². The Bertz CT molecular complexity index is 388. The fourth-order valence-electron chi connectivity index (χ4n) is 3.05. The maximum atomic E-state index is 8.88. The summed E-state index contributed by atoms with van der Waals surface area (Å²) in [5.41, 5.74) is 2.57. The van der Waals surface area contributed by atoms with Crippen LogP contribution in [0.4, 0.5) is 5.69 Å². The first-order chi connectivity index (χ1) is 9.81. The average Bonchev–Trinajstić information content (AvgIpc) is 2.50. The van der Waals surface area contributed by atoms with Crippen LogP contribution >= 0.6 is 0 Å². The fourth-order valence-corrected chi connectivity index (χ4v) is 3.05. The molecule has 1 aromatic carbocycles. The highest BCUT2D eigenvalue weighted by Crippen LogP contribution is 2.24. The van der Waals surface area contributed by atoms with Crippen molar-refractivity contribution in [1.82, 2.24) is 4.90 Å². The van der Waals surface area contributed by atoms with E-state index in [1.807, 2.05) is 0 Å². The highest BCUT2D eigenvalue weighted by Gasteiger charge is 2.18. The third-order valence-electron chi connectivity index (χ3n) is 4.29. The van der Waals surface area contributed by atoms with Crippen LogP contribution in [0, 0.1) is 0 Å². The van der Waals surface area contributed by atoms with Crippen molar-refractivity contribution in [3.05, 3.63) is 29.8 Å². The van der Waals surface area contributed by atoms with Gasteiger partial charge in [0.2, 0.25) is 0 Å². The molecule has 0 bridgehead atoms. The van der Waals surface area contributed by atoms with E-state index in [4.69, 9.17) is 5.11 Å². The van der Waals surface area contributed by atoms with Crippen LogP contribution in [0.1, 0.15) is 44.1 Å². The highest BCUT2D eigenvalue weighted by atomic mass is 16.3. The van der Waals surface area contributed by atoms with Gasteiger partial charge in [-0.05, 0) is 37.9 Å². The normalized spacial score (nSPS) is 16.6. The number of nitrogens with one attached hydrogen (secondary N) is 1. The molecule has 0 aromatic heterocycles. The number of nitrogens with zero attached hydrogens (tertiary/aromatic N) is 1. The Morgan fingerprint density at radius 1 is 1.20 bits per heavy atom. The van der Waals surface area contributed by atoms with Gasteiger partial charge in [0.15, 0.2) is 0 Å². The zero-order valence-corrected chi connectivity index (χ0v) is 12.6. The zero-order valence-electron chi connectivity index (χ0n) is 12.6. The first-order valence-corrected chi connectivity index (χ1v) is 7.94. The van der Waals surface area contributed by atoms with Gasteiger partial charge >= 0.3 is 0 Å². The van der Waals surface area contributed by atoms with Crippen LogP contribution < -0.4 is 5.32 Å². The number of rotatable bonds is 7. The number of para-hydroxylation sites is 1. The maximum Gasteiger partial charge on any atom is 0.0447 e. The number of aliphatic hydroxyl groups excluding tert-OH is 1. The number of anilines is 1. The lowest BCUT2D eigenvalue weighted by atomic mass is 9.94. The van der Waals surface area contributed by atoms with E-state index >= 15 is 0 Å². The smallest absolute Gasteiger partial charge is 0.0447 e. The molecule has 1 saturated carbocycles. The first-order valence-electron chi connectivity index (χ1n) is 7.94. The number of aliphatic hydroxyl groups is 1. The summed E-state index contributed by atoms with van der Waals surface area (Å²) in [6, 6.07) is 9.28. The molecule has 1 aliphatic rings. The van der Waals surface area contributed by atoms with Crippen molar-refractivity contribution < 1.29 is 5.11 Å². The molecule has 3 heteroatoms. The summed E-state index contributed by atoms with van der Waals surface area (Å²) in [6.45, 7) is 2.09. The molecule has 0 unspecified atom stereocenters. The number of benzene rings is 1. The van der Waals surface area contributed by atoms with E-state index < -0.39 is 0 Å². The van der Waals surface area contributed by atoms with Gasteiger partial charge in [0.05, 0.1) is 0 Å². The van der Waals surface area contributed by atoms with E-state index in [0.717, 1.165) is 25.6 Å². The molecule has 2 N–H and O–H groups in total. The Balaban J connectivity index is 1.93. The number of hydrogen-bond acceptors (Lipinski definition) is 3. The SMILES string of the molecule is CN(Cc1ccccc1NCCCO)C1CCCCC1. The minimum atomic E-state index is 0.247. The Labute approximate surface area is 123 Å². The highest BCUT2D eigenvalue weighted by molar-refractivity contribution is 5.51. The molecule has 20 heavy (non-hydrogen) atoms. The Morgan fingerprint density at radius 2 is 1.95 bits per heavy atom. The Morgan fingerprint density at radius 3 is 2.70 bits per heavy atom. The van der Waals surface area contributed by atoms with E-state index in [2.05, 4.69) is 41.5 Å². The summed E-state index contributed by atoms with van der Waals surface area (Å²) < 4.78 is 0. The molecule has 0 amide bonds. The molecule has 1 aromatic rings. The van der Waals surface area contributed by atoms with Crippen molar-refractivity contribution in [3.8, 4) is 0 Å². The van der Waals surface area contributed by atoms with Crippen molar-refractivity contribution in [2.24, 2.45) is 0 Å². The van der Waals surface area contributed by atoms with E-state index in [9.17, 15) is 0 Å². The topological polar surface area (TPSA) is 35.5 Å². The van der Waals surface area contributed by atoms with Crippen LogP contribution in [0.25, 0.3) is 0 Å². The molecule has 0 saturated heterocycles. The molecule has 0 heterocycles. The van der Waals surface area contributed by atoms with Gasteiger partial charge in [-0.1, -0.05) is 37.5 Å². The van der Waals surface area contributed by atoms with Crippen LogP contribution in [0.2, 0.25) is 0 Å². The van der Waals surface area contributed by atoms with Crippen molar-refractivity contribution in [2.75, 3.05) is 25.5 Å².